The molecule has 0 N–H and O–H groups in total. The van der Waals surface area contributed by atoms with Crippen molar-refractivity contribution in [3.63, 3.8) is 0 Å². The van der Waals surface area contributed by atoms with E-state index in [0.29, 0.717) is 5.92 Å². The van der Waals surface area contributed by atoms with Crippen molar-refractivity contribution >= 4 is 5.71 Å². The van der Waals surface area contributed by atoms with Crippen molar-refractivity contribution in [3.8, 4) is 11.5 Å². The molecule has 3 heteroatoms. The van der Waals surface area contributed by atoms with Crippen LogP contribution in [-0.4, -0.2) is 25.0 Å². The molecule has 1 aromatic rings. The molecule has 1 saturated carbocycles. The molecule has 3 aliphatic rings. The Kier molecular flexibility index (Phi) is 2.02. The molecule has 1 spiro atoms. The van der Waals surface area contributed by atoms with Crippen LogP contribution in [0.15, 0.2) is 23.2 Å². The van der Waals surface area contributed by atoms with Gasteiger partial charge in [-0.2, -0.15) is 0 Å². The molecule has 1 aliphatic carbocycles. The van der Waals surface area contributed by atoms with Crippen molar-refractivity contribution in [1.82, 2.24) is 0 Å². The Bertz CT molecular complexity index is 537. The summed E-state index contributed by atoms with van der Waals surface area (Å²) in [6.07, 6.45) is 4.74. The second-order valence-electron chi connectivity index (χ2n) is 5.44. The Morgan fingerprint density at radius 2 is 2.33 bits per heavy atom. The highest BCUT2D eigenvalue weighted by atomic mass is 16.5. The van der Waals surface area contributed by atoms with E-state index in [1.807, 2.05) is 12.1 Å². The lowest BCUT2D eigenvalue weighted by atomic mass is 9.75. The molecule has 0 radical (unpaired) electrons. The van der Waals surface area contributed by atoms with E-state index in [1.165, 1.54) is 24.1 Å². The molecule has 0 bridgehead atoms. The minimum absolute atomic E-state index is 0.104. The van der Waals surface area contributed by atoms with Gasteiger partial charge in [-0.1, -0.05) is 0 Å². The number of hydrogen-bond acceptors (Lipinski definition) is 3. The topological polar surface area (TPSA) is 30.8 Å². The van der Waals surface area contributed by atoms with Gasteiger partial charge in [0.15, 0.2) is 5.60 Å². The maximum absolute atomic E-state index is 6.34. The number of ether oxygens (including phenoxy) is 2. The predicted octanol–water partition coefficient (Wildman–Crippen LogP) is 2.94. The number of fused-ring (bicyclic) bond motifs is 2. The van der Waals surface area contributed by atoms with E-state index in [0.717, 1.165) is 30.9 Å². The third kappa shape index (κ3) is 1.17. The van der Waals surface area contributed by atoms with Gasteiger partial charge < -0.3 is 9.47 Å². The van der Waals surface area contributed by atoms with Gasteiger partial charge >= 0.3 is 0 Å². The third-order valence-electron chi connectivity index (χ3n) is 4.61. The van der Waals surface area contributed by atoms with Crippen LogP contribution in [-0.2, 0) is 0 Å². The van der Waals surface area contributed by atoms with Gasteiger partial charge in [-0.15, -0.1) is 0 Å². The van der Waals surface area contributed by atoms with E-state index in [-0.39, 0.29) is 5.60 Å². The molecule has 94 valence electrons. The Balaban J connectivity index is 1.80. The molecule has 2 heterocycles. The molecule has 18 heavy (non-hydrogen) atoms. The average Bonchev–Trinajstić information content (AvgIpc) is 2.90. The smallest absolute Gasteiger partial charge is 0.155 e. The highest BCUT2D eigenvalue weighted by Gasteiger charge is 2.55. The summed E-state index contributed by atoms with van der Waals surface area (Å²) in [6.45, 7) is 0.884. The molecule has 4 rings (SSSR count). The summed E-state index contributed by atoms with van der Waals surface area (Å²) < 4.78 is 11.7. The first-order valence-electron chi connectivity index (χ1n) is 6.74. The number of nitrogens with zero attached hydrogens (tertiary/aromatic N) is 1. The lowest BCUT2D eigenvalue weighted by Crippen LogP contribution is -2.45. The first kappa shape index (κ1) is 10.4. The number of aliphatic imine (C=N–C) groups is 1. The molecule has 2 atom stereocenters. The maximum atomic E-state index is 6.34. The largest absolute Gasteiger partial charge is 0.497 e. The van der Waals surface area contributed by atoms with Crippen LogP contribution in [0, 0.1) is 0 Å². The number of benzene rings is 1. The Labute approximate surface area is 107 Å². The van der Waals surface area contributed by atoms with E-state index < -0.39 is 0 Å². The summed E-state index contributed by atoms with van der Waals surface area (Å²) in [4.78, 5) is 4.74. The quantitative estimate of drug-likeness (QED) is 0.759. The number of hydrogen-bond donors (Lipinski definition) is 0. The Morgan fingerprint density at radius 1 is 1.39 bits per heavy atom. The van der Waals surface area contributed by atoms with Crippen molar-refractivity contribution in [1.29, 1.82) is 0 Å². The van der Waals surface area contributed by atoms with Gasteiger partial charge in [0, 0.05) is 5.56 Å². The van der Waals surface area contributed by atoms with Gasteiger partial charge in [-0.05, 0) is 43.9 Å². The van der Waals surface area contributed by atoms with Crippen molar-refractivity contribution in [2.45, 2.75) is 37.2 Å². The summed E-state index contributed by atoms with van der Waals surface area (Å²) in [5.74, 6) is 2.37. The standard InChI is InChI=1S/C15H17NO2/c1-17-10-5-6-13-11(8-10)12-9-16-14-4-2-3-7-15(12,14)18-13/h5-6,8,12H,2-4,7,9H2,1H3/t12-,15-/m1/s1. The fourth-order valence-electron chi connectivity index (χ4n) is 3.72. The zero-order valence-electron chi connectivity index (χ0n) is 10.6. The molecule has 2 aliphatic heterocycles. The Morgan fingerprint density at radius 3 is 3.22 bits per heavy atom. The highest BCUT2D eigenvalue weighted by molar-refractivity contribution is 5.97. The third-order valence-corrected chi connectivity index (χ3v) is 4.61. The van der Waals surface area contributed by atoms with Crippen LogP contribution in [0.2, 0.25) is 0 Å². The minimum Gasteiger partial charge on any atom is -0.497 e. The van der Waals surface area contributed by atoms with Crippen molar-refractivity contribution in [3.05, 3.63) is 23.8 Å². The van der Waals surface area contributed by atoms with Gasteiger partial charge in [0.2, 0.25) is 0 Å². The SMILES string of the molecule is COc1ccc2c(c1)[C@H]1CN=C3CCCC[C@]31O2. The summed E-state index contributed by atoms with van der Waals surface area (Å²) in [5, 5.41) is 0. The fraction of sp³-hybridized carbons (Fsp3) is 0.533. The van der Waals surface area contributed by atoms with Gasteiger partial charge in [0.25, 0.3) is 0 Å². The molecule has 0 saturated heterocycles. The van der Waals surface area contributed by atoms with E-state index >= 15 is 0 Å². The van der Waals surface area contributed by atoms with E-state index in [4.69, 9.17) is 14.5 Å². The average molecular weight is 243 g/mol. The van der Waals surface area contributed by atoms with Crippen LogP contribution in [0.3, 0.4) is 0 Å². The molecular weight excluding hydrogens is 226 g/mol. The first-order valence-corrected chi connectivity index (χ1v) is 6.74. The maximum Gasteiger partial charge on any atom is 0.155 e. The van der Waals surface area contributed by atoms with Gasteiger partial charge in [-0.25, -0.2) is 0 Å². The number of methoxy groups -OCH3 is 1. The lowest BCUT2D eigenvalue weighted by molar-refractivity contribution is 0.129. The second-order valence-corrected chi connectivity index (χ2v) is 5.44. The van der Waals surface area contributed by atoms with Crippen molar-refractivity contribution < 1.29 is 9.47 Å². The van der Waals surface area contributed by atoms with E-state index in [2.05, 4.69) is 6.07 Å². The van der Waals surface area contributed by atoms with Gasteiger partial charge in [-0.3, -0.25) is 4.99 Å². The molecular formula is C15H17NO2. The fourth-order valence-corrected chi connectivity index (χ4v) is 3.72. The predicted molar refractivity (Wildman–Crippen MR) is 69.9 cm³/mol. The van der Waals surface area contributed by atoms with Gasteiger partial charge in [0.1, 0.15) is 11.5 Å². The normalized spacial score (nSPS) is 32.1. The van der Waals surface area contributed by atoms with Crippen LogP contribution in [0.1, 0.15) is 37.2 Å². The minimum atomic E-state index is -0.104. The van der Waals surface area contributed by atoms with Crippen LogP contribution in [0.4, 0.5) is 0 Å². The van der Waals surface area contributed by atoms with Gasteiger partial charge in [0.05, 0.1) is 25.3 Å². The zero-order valence-corrected chi connectivity index (χ0v) is 10.6. The zero-order chi connectivity index (χ0) is 12.2. The summed E-state index contributed by atoms with van der Waals surface area (Å²) in [5.41, 5.74) is 2.48. The summed E-state index contributed by atoms with van der Waals surface area (Å²) in [6, 6.07) is 6.16. The van der Waals surface area contributed by atoms with Crippen LogP contribution >= 0.6 is 0 Å². The molecule has 1 fully saturated rings. The van der Waals surface area contributed by atoms with Crippen molar-refractivity contribution in [2.24, 2.45) is 4.99 Å². The van der Waals surface area contributed by atoms with Crippen LogP contribution in [0.5, 0.6) is 11.5 Å². The molecule has 0 unspecified atom stereocenters. The van der Waals surface area contributed by atoms with E-state index in [1.54, 1.807) is 7.11 Å². The summed E-state index contributed by atoms with van der Waals surface area (Å²) >= 11 is 0. The molecule has 0 amide bonds. The molecule has 1 aromatic carbocycles. The molecule has 0 aromatic heterocycles. The highest BCUT2D eigenvalue weighted by Crippen LogP contribution is 2.53. The second kappa shape index (κ2) is 3.50. The van der Waals surface area contributed by atoms with Crippen LogP contribution < -0.4 is 9.47 Å². The monoisotopic (exact) mass is 243 g/mol. The summed E-state index contributed by atoms with van der Waals surface area (Å²) in [7, 11) is 1.71. The Hall–Kier alpha value is -1.51. The number of rotatable bonds is 1. The lowest BCUT2D eigenvalue weighted by Gasteiger charge is -2.34. The van der Waals surface area contributed by atoms with E-state index in [9.17, 15) is 0 Å². The van der Waals surface area contributed by atoms with Crippen LogP contribution in [0.25, 0.3) is 0 Å². The molecule has 3 nitrogen and oxygen atoms in total. The first-order chi connectivity index (χ1) is 8.83. The van der Waals surface area contributed by atoms with Crippen molar-refractivity contribution in [2.75, 3.05) is 13.7 Å².